The van der Waals surface area contributed by atoms with E-state index in [2.05, 4.69) is 56.2 Å². The van der Waals surface area contributed by atoms with Crippen molar-refractivity contribution in [2.45, 2.75) is 38.2 Å². The highest BCUT2D eigenvalue weighted by molar-refractivity contribution is 5.86. The van der Waals surface area contributed by atoms with Crippen LogP contribution in [0.4, 0.5) is 5.69 Å². The van der Waals surface area contributed by atoms with Gasteiger partial charge in [0.2, 0.25) is 0 Å². The van der Waals surface area contributed by atoms with Gasteiger partial charge in [-0.15, -0.1) is 12.4 Å². The summed E-state index contributed by atoms with van der Waals surface area (Å²) in [7, 11) is 0. The number of benzene rings is 1. The van der Waals surface area contributed by atoms with Crippen molar-refractivity contribution < 1.29 is 14.6 Å². The predicted molar refractivity (Wildman–Crippen MR) is 130 cm³/mol. The summed E-state index contributed by atoms with van der Waals surface area (Å²) in [4.78, 5) is 16.9. The maximum atomic E-state index is 12.2. The van der Waals surface area contributed by atoms with Crippen LogP contribution in [-0.2, 0) is 11.3 Å². The summed E-state index contributed by atoms with van der Waals surface area (Å²) in [6, 6.07) is 10.3. The third-order valence-electron chi connectivity index (χ3n) is 6.84. The molecule has 2 saturated heterocycles. The van der Waals surface area contributed by atoms with E-state index in [1.807, 2.05) is 12.3 Å². The van der Waals surface area contributed by atoms with E-state index < -0.39 is 6.10 Å². The maximum absolute atomic E-state index is 12.2. The third-order valence-corrected chi connectivity index (χ3v) is 6.84. The summed E-state index contributed by atoms with van der Waals surface area (Å²) in [5, 5.41) is 17.3. The Bertz CT molecular complexity index is 959. The molecule has 0 bridgehead atoms. The van der Waals surface area contributed by atoms with Crippen molar-refractivity contribution >= 4 is 23.9 Å². The van der Waals surface area contributed by atoms with Gasteiger partial charge in [0.15, 0.2) is 5.78 Å². The molecule has 1 aromatic heterocycles. The van der Waals surface area contributed by atoms with Crippen molar-refractivity contribution in [2.75, 3.05) is 50.8 Å². The number of fused-ring (bicyclic) bond motifs is 3. The summed E-state index contributed by atoms with van der Waals surface area (Å²) in [5.41, 5.74) is 3.70. The highest BCUT2D eigenvalue weighted by atomic mass is 35.5. The van der Waals surface area contributed by atoms with E-state index >= 15 is 0 Å². The van der Waals surface area contributed by atoms with Crippen LogP contribution in [0.1, 0.15) is 23.8 Å². The van der Waals surface area contributed by atoms with E-state index in [1.54, 1.807) is 0 Å². The second-order valence-electron chi connectivity index (χ2n) is 9.09. The number of Topliss-reactive ketones (excluding diaryl/α,β-unsaturated/α-hetero) is 1. The molecule has 0 radical (unpaired) electrons. The van der Waals surface area contributed by atoms with Gasteiger partial charge in [0, 0.05) is 75.9 Å². The number of carbonyl (C=O) groups excluding carboxylic acids is 1. The molecule has 4 heterocycles. The topological polar surface area (TPSA) is 82.0 Å². The Morgan fingerprint density at radius 1 is 1.18 bits per heavy atom. The molecular weight excluding hydrogens is 442 g/mol. The number of ketones is 1. The number of nitrogens with one attached hydrogen (secondary N) is 2. The van der Waals surface area contributed by atoms with Crippen LogP contribution in [-0.4, -0.2) is 78.4 Å². The molecule has 5 rings (SSSR count). The molecule has 3 aliphatic rings. The molecule has 0 spiro atoms. The average molecular weight is 476 g/mol. The number of nitrogens with zero attached hydrogens (tertiary/aromatic N) is 3. The monoisotopic (exact) mass is 475 g/mol. The minimum atomic E-state index is -0.544. The zero-order chi connectivity index (χ0) is 22.1. The summed E-state index contributed by atoms with van der Waals surface area (Å²) >= 11 is 0. The second-order valence-corrected chi connectivity index (χ2v) is 9.09. The number of halogens is 1. The first-order valence-corrected chi connectivity index (χ1v) is 11.6. The Morgan fingerprint density at radius 3 is 2.76 bits per heavy atom. The van der Waals surface area contributed by atoms with Gasteiger partial charge in [0.1, 0.15) is 30.7 Å². The number of anilines is 1. The lowest BCUT2D eigenvalue weighted by molar-refractivity contribution is -0.124. The van der Waals surface area contributed by atoms with Gasteiger partial charge in [-0.2, -0.15) is 0 Å². The van der Waals surface area contributed by atoms with Crippen molar-refractivity contribution in [1.82, 2.24) is 20.1 Å². The highest BCUT2D eigenvalue weighted by Crippen LogP contribution is 2.28. The molecule has 0 saturated carbocycles. The summed E-state index contributed by atoms with van der Waals surface area (Å²) in [6.07, 6.45) is 1.91. The van der Waals surface area contributed by atoms with Crippen LogP contribution in [0.5, 0.6) is 5.75 Å². The Balaban J connectivity index is 0.00000259. The number of piperidine rings is 1. The number of hydrogen-bond acceptors (Lipinski definition) is 7. The molecule has 0 amide bonds. The number of piperazine rings is 1. The second kappa shape index (κ2) is 10.4. The van der Waals surface area contributed by atoms with Crippen molar-refractivity contribution in [3.8, 4) is 5.75 Å². The summed E-state index contributed by atoms with van der Waals surface area (Å²) in [6.45, 7) is 8.16. The lowest BCUT2D eigenvalue weighted by atomic mass is 10.0. The van der Waals surface area contributed by atoms with Crippen LogP contribution in [0.2, 0.25) is 0 Å². The Labute approximate surface area is 201 Å². The van der Waals surface area contributed by atoms with Gasteiger partial charge in [0.25, 0.3) is 0 Å². The van der Waals surface area contributed by atoms with Gasteiger partial charge in [-0.25, -0.2) is 0 Å². The van der Waals surface area contributed by atoms with Crippen molar-refractivity contribution in [2.24, 2.45) is 0 Å². The Morgan fingerprint density at radius 2 is 1.97 bits per heavy atom. The van der Waals surface area contributed by atoms with Gasteiger partial charge in [0.05, 0.1) is 0 Å². The molecule has 180 valence electrons. The standard InChI is InChI=1S/C24H33N5O3.ClH/c1-17-4-2-3-5-21(17)28-10-8-27(9-11-28)14-19(30)16-32-20-12-18-13-26-23-22(31)6-7-25-24(23)29(18)15-20;/h2-5,12,15,19,23-26,30H,6-11,13-14,16H2,1H3;1H. The number of aryl methyl sites for hydroxylation is 1. The number of para-hydroxylation sites is 1. The molecule has 3 N–H and O–H groups in total. The SMILES string of the molecule is Cc1ccccc1N1CCN(CC(O)COc2cc3n(c2)C2NCCC(=O)C2NC3)CC1.Cl. The van der Waals surface area contributed by atoms with E-state index in [9.17, 15) is 9.90 Å². The maximum Gasteiger partial charge on any atom is 0.154 e. The van der Waals surface area contributed by atoms with E-state index in [0.717, 1.165) is 37.6 Å². The zero-order valence-corrected chi connectivity index (χ0v) is 19.9. The van der Waals surface area contributed by atoms with E-state index in [4.69, 9.17) is 4.74 Å². The van der Waals surface area contributed by atoms with Crippen molar-refractivity contribution in [3.63, 3.8) is 0 Å². The Hall–Kier alpha value is -2.10. The number of carbonyl (C=O) groups is 1. The number of ether oxygens (including phenoxy) is 1. The third kappa shape index (κ3) is 5.20. The molecule has 3 atom stereocenters. The van der Waals surface area contributed by atoms with E-state index in [1.165, 1.54) is 11.3 Å². The number of hydrogen-bond donors (Lipinski definition) is 3. The van der Waals surface area contributed by atoms with Gasteiger partial charge in [-0.3, -0.25) is 20.3 Å². The number of aliphatic hydroxyl groups excluding tert-OH is 1. The summed E-state index contributed by atoms with van der Waals surface area (Å²) in [5.74, 6) is 0.999. The van der Waals surface area contributed by atoms with Gasteiger partial charge in [-0.1, -0.05) is 18.2 Å². The normalized spacial score (nSPS) is 23.9. The molecule has 1 aromatic carbocycles. The molecular formula is C24H34ClN5O3. The van der Waals surface area contributed by atoms with Crippen LogP contribution in [0.25, 0.3) is 0 Å². The molecule has 33 heavy (non-hydrogen) atoms. The zero-order valence-electron chi connectivity index (χ0n) is 19.1. The van der Waals surface area contributed by atoms with E-state index in [-0.39, 0.29) is 37.0 Å². The van der Waals surface area contributed by atoms with Crippen LogP contribution in [0.3, 0.4) is 0 Å². The van der Waals surface area contributed by atoms with Crippen LogP contribution < -0.4 is 20.3 Å². The number of rotatable bonds is 6. The van der Waals surface area contributed by atoms with Gasteiger partial charge in [-0.05, 0) is 18.6 Å². The molecule has 2 aromatic rings. The number of aliphatic hydroxyl groups is 1. The molecule has 3 aliphatic heterocycles. The van der Waals surface area contributed by atoms with Crippen LogP contribution in [0.15, 0.2) is 36.5 Å². The lowest BCUT2D eigenvalue weighted by Crippen LogP contribution is -2.56. The molecule has 8 nitrogen and oxygen atoms in total. The minimum absolute atomic E-state index is 0. The molecule has 3 unspecified atom stereocenters. The van der Waals surface area contributed by atoms with Gasteiger partial charge < -0.3 is 19.3 Å². The number of β-amino-alcohol motifs (C(OH)–C–C–N with tert-alkyl or cyclic N) is 1. The fourth-order valence-corrected chi connectivity index (χ4v) is 5.10. The number of aromatic nitrogens is 1. The summed E-state index contributed by atoms with van der Waals surface area (Å²) < 4.78 is 8.03. The highest BCUT2D eigenvalue weighted by Gasteiger charge is 2.36. The van der Waals surface area contributed by atoms with Crippen molar-refractivity contribution in [3.05, 3.63) is 47.8 Å². The van der Waals surface area contributed by atoms with Gasteiger partial charge >= 0.3 is 0 Å². The Kier molecular flexibility index (Phi) is 7.61. The molecule has 9 heteroatoms. The lowest BCUT2D eigenvalue weighted by Gasteiger charge is -2.37. The minimum Gasteiger partial charge on any atom is -0.489 e. The molecule has 0 aliphatic carbocycles. The fraction of sp³-hybridized carbons (Fsp3) is 0.542. The largest absolute Gasteiger partial charge is 0.489 e. The fourth-order valence-electron chi connectivity index (χ4n) is 5.10. The average Bonchev–Trinajstić information content (AvgIpc) is 3.23. The van der Waals surface area contributed by atoms with Crippen LogP contribution >= 0.6 is 12.4 Å². The predicted octanol–water partition coefficient (Wildman–Crippen LogP) is 1.31. The first kappa shape index (κ1) is 24.0. The van der Waals surface area contributed by atoms with Crippen LogP contribution in [0, 0.1) is 6.92 Å². The van der Waals surface area contributed by atoms with Crippen molar-refractivity contribution in [1.29, 1.82) is 0 Å². The smallest absolute Gasteiger partial charge is 0.154 e. The van der Waals surface area contributed by atoms with E-state index in [0.29, 0.717) is 26.1 Å². The quantitative estimate of drug-likeness (QED) is 0.581. The first-order chi connectivity index (χ1) is 15.6. The first-order valence-electron chi connectivity index (χ1n) is 11.6. The molecule has 2 fully saturated rings.